The lowest BCUT2D eigenvalue weighted by Gasteiger charge is -2.17. The number of aryl methyl sites for hydroxylation is 1. The van der Waals surface area contributed by atoms with Gasteiger partial charge in [0.25, 0.3) is 0 Å². The normalized spacial score (nSPS) is 12.6. The summed E-state index contributed by atoms with van der Waals surface area (Å²) in [6.45, 7) is 7.41. The van der Waals surface area contributed by atoms with Crippen molar-refractivity contribution < 1.29 is 22.6 Å². The van der Waals surface area contributed by atoms with Crippen molar-refractivity contribution in [2.75, 3.05) is 19.0 Å². The molecule has 0 aliphatic heterocycles. The minimum atomic E-state index is -4.32. The molecule has 28 heavy (non-hydrogen) atoms. The number of ether oxygens (including phenoxy) is 2. The smallest absolute Gasteiger partial charge is 0.416 e. The zero-order valence-corrected chi connectivity index (χ0v) is 17.3. The molecule has 1 atom stereocenters. The Hall–Kier alpha value is -1.82. The van der Waals surface area contributed by atoms with Gasteiger partial charge in [-0.05, 0) is 67.8 Å². The zero-order valence-electron chi connectivity index (χ0n) is 16.5. The van der Waals surface area contributed by atoms with E-state index < -0.39 is 11.7 Å². The Morgan fingerprint density at radius 3 is 2.29 bits per heavy atom. The van der Waals surface area contributed by atoms with Gasteiger partial charge >= 0.3 is 6.18 Å². The highest BCUT2D eigenvalue weighted by molar-refractivity contribution is 7.99. The van der Waals surface area contributed by atoms with Crippen LogP contribution in [0.4, 0.5) is 13.2 Å². The van der Waals surface area contributed by atoms with Crippen LogP contribution < -0.4 is 9.47 Å². The highest BCUT2D eigenvalue weighted by Crippen LogP contribution is 2.31. The van der Waals surface area contributed by atoms with E-state index in [9.17, 15) is 13.2 Å². The number of thioether (sulfide) groups is 1. The van der Waals surface area contributed by atoms with E-state index in [4.69, 9.17) is 9.47 Å². The maximum absolute atomic E-state index is 12.6. The topological polar surface area (TPSA) is 18.5 Å². The van der Waals surface area contributed by atoms with E-state index in [-0.39, 0.29) is 0 Å². The molecule has 2 nitrogen and oxygen atoms in total. The van der Waals surface area contributed by atoms with Crippen molar-refractivity contribution in [3.8, 4) is 11.5 Å². The van der Waals surface area contributed by atoms with E-state index in [1.165, 1.54) is 17.0 Å². The molecule has 0 bridgehead atoms. The third kappa shape index (κ3) is 6.97. The second-order valence-electron chi connectivity index (χ2n) is 6.69. The first-order valence-electron chi connectivity index (χ1n) is 9.49. The van der Waals surface area contributed by atoms with Crippen molar-refractivity contribution in [3.63, 3.8) is 0 Å². The van der Waals surface area contributed by atoms with Gasteiger partial charge in [0.1, 0.15) is 11.5 Å². The van der Waals surface area contributed by atoms with Crippen LogP contribution in [0.5, 0.6) is 11.5 Å². The van der Waals surface area contributed by atoms with Crippen LogP contribution in [-0.2, 0) is 6.18 Å². The van der Waals surface area contributed by atoms with Gasteiger partial charge in [-0.15, -0.1) is 11.8 Å². The molecule has 0 aliphatic rings. The summed E-state index contributed by atoms with van der Waals surface area (Å²) in [6.07, 6.45) is -2.41. The number of hydrogen-bond acceptors (Lipinski definition) is 3. The maximum atomic E-state index is 12.6. The quantitative estimate of drug-likeness (QED) is 0.391. The minimum Gasteiger partial charge on any atom is -0.493 e. The van der Waals surface area contributed by atoms with E-state index in [1.807, 2.05) is 13.0 Å². The molecule has 0 amide bonds. The molecule has 2 rings (SSSR count). The van der Waals surface area contributed by atoms with Crippen LogP contribution in [0, 0.1) is 12.8 Å². The predicted molar refractivity (Wildman–Crippen MR) is 108 cm³/mol. The van der Waals surface area contributed by atoms with Crippen molar-refractivity contribution >= 4 is 11.8 Å². The van der Waals surface area contributed by atoms with Crippen LogP contribution >= 0.6 is 11.8 Å². The number of benzene rings is 2. The van der Waals surface area contributed by atoms with Gasteiger partial charge in [-0.1, -0.05) is 13.8 Å². The largest absolute Gasteiger partial charge is 0.493 e. The Morgan fingerprint density at radius 1 is 1.00 bits per heavy atom. The molecule has 6 heteroatoms. The molecule has 0 fully saturated rings. The summed E-state index contributed by atoms with van der Waals surface area (Å²) in [6, 6.07) is 11.0. The lowest BCUT2D eigenvalue weighted by molar-refractivity contribution is -0.137. The molecule has 154 valence electrons. The standard InChI is InChI=1S/C22H27F3O2S/c1-4-12-26-21-11-10-20(13-16(21)3)28-15-17(5-2)14-27-19-8-6-18(7-9-19)22(23,24)25/h6-11,13,17H,4-5,12,14-15H2,1-3H3. The third-order valence-electron chi connectivity index (χ3n) is 4.34. The Balaban J connectivity index is 1.85. The monoisotopic (exact) mass is 412 g/mol. The fourth-order valence-electron chi connectivity index (χ4n) is 2.54. The molecule has 2 aromatic carbocycles. The number of rotatable bonds is 10. The van der Waals surface area contributed by atoms with E-state index >= 15 is 0 Å². The van der Waals surface area contributed by atoms with Gasteiger partial charge in [0.05, 0.1) is 18.8 Å². The summed E-state index contributed by atoms with van der Waals surface area (Å²) in [5, 5.41) is 0. The molecule has 0 saturated carbocycles. The highest BCUT2D eigenvalue weighted by atomic mass is 32.2. The summed E-state index contributed by atoms with van der Waals surface area (Å²) in [5.41, 5.74) is 0.455. The number of hydrogen-bond donors (Lipinski definition) is 0. The Morgan fingerprint density at radius 2 is 1.71 bits per heavy atom. The first-order valence-corrected chi connectivity index (χ1v) is 10.5. The minimum absolute atomic E-state index is 0.309. The summed E-state index contributed by atoms with van der Waals surface area (Å²) < 4.78 is 49.2. The first kappa shape index (κ1) is 22.5. The van der Waals surface area contributed by atoms with Gasteiger partial charge in [0, 0.05) is 16.6 Å². The molecule has 0 aromatic heterocycles. The van der Waals surface area contributed by atoms with Crippen LogP contribution in [0.3, 0.4) is 0 Å². The molecule has 0 saturated heterocycles. The van der Waals surface area contributed by atoms with Crippen molar-refractivity contribution in [2.45, 2.75) is 44.7 Å². The molecule has 0 heterocycles. The van der Waals surface area contributed by atoms with E-state index in [1.54, 1.807) is 11.8 Å². The van der Waals surface area contributed by atoms with Gasteiger partial charge in [0.15, 0.2) is 0 Å². The molecular weight excluding hydrogens is 385 g/mol. The molecule has 0 spiro atoms. The van der Waals surface area contributed by atoms with Crippen LogP contribution in [0.15, 0.2) is 47.4 Å². The van der Waals surface area contributed by atoms with Crippen molar-refractivity contribution in [2.24, 2.45) is 5.92 Å². The van der Waals surface area contributed by atoms with E-state index in [0.29, 0.717) is 24.9 Å². The van der Waals surface area contributed by atoms with Gasteiger partial charge in [-0.3, -0.25) is 0 Å². The fourth-order valence-corrected chi connectivity index (χ4v) is 3.72. The highest BCUT2D eigenvalue weighted by Gasteiger charge is 2.30. The number of alkyl halides is 3. The molecule has 0 N–H and O–H groups in total. The van der Waals surface area contributed by atoms with E-state index in [0.717, 1.165) is 42.0 Å². The van der Waals surface area contributed by atoms with Crippen LogP contribution in [0.2, 0.25) is 0 Å². The molecule has 0 aliphatic carbocycles. The maximum Gasteiger partial charge on any atom is 0.416 e. The summed E-state index contributed by atoms with van der Waals surface area (Å²) >= 11 is 1.76. The summed E-state index contributed by atoms with van der Waals surface area (Å²) in [4.78, 5) is 1.18. The molecular formula is C22H27F3O2S. The van der Waals surface area contributed by atoms with Crippen LogP contribution in [0.25, 0.3) is 0 Å². The van der Waals surface area contributed by atoms with Gasteiger partial charge in [-0.25, -0.2) is 0 Å². The summed E-state index contributed by atoms with van der Waals surface area (Å²) in [5.74, 6) is 2.57. The summed E-state index contributed by atoms with van der Waals surface area (Å²) in [7, 11) is 0. The molecule has 1 unspecified atom stereocenters. The predicted octanol–water partition coefficient (Wildman–Crippen LogP) is 7.00. The Labute approximate surface area is 169 Å². The fraction of sp³-hybridized carbons (Fsp3) is 0.455. The lowest BCUT2D eigenvalue weighted by Crippen LogP contribution is -2.14. The SMILES string of the molecule is CCCOc1ccc(SCC(CC)COc2ccc(C(F)(F)F)cc2)cc1C. The Kier molecular flexibility index (Phi) is 8.55. The van der Waals surface area contributed by atoms with Gasteiger partial charge in [-0.2, -0.15) is 13.2 Å². The van der Waals surface area contributed by atoms with Gasteiger partial charge in [0.2, 0.25) is 0 Å². The molecule has 2 aromatic rings. The van der Waals surface area contributed by atoms with Gasteiger partial charge < -0.3 is 9.47 Å². The second kappa shape index (κ2) is 10.6. The third-order valence-corrected chi connectivity index (χ3v) is 5.56. The van der Waals surface area contributed by atoms with Crippen LogP contribution in [-0.4, -0.2) is 19.0 Å². The lowest BCUT2D eigenvalue weighted by atomic mass is 10.1. The van der Waals surface area contributed by atoms with Crippen LogP contribution in [0.1, 0.15) is 37.8 Å². The zero-order chi connectivity index (χ0) is 20.6. The van der Waals surface area contributed by atoms with Crippen molar-refractivity contribution in [3.05, 3.63) is 53.6 Å². The van der Waals surface area contributed by atoms with Crippen molar-refractivity contribution in [1.29, 1.82) is 0 Å². The number of halogens is 3. The second-order valence-corrected chi connectivity index (χ2v) is 7.79. The van der Waals surface area contributed by atoms with Crippen molar-refractivity contribution in [1.82, 2.24) is 0 Å². The van der Waals surface area contributed by atoms with E-state index in [2.05, 4.69) is 26.0 Å². The average molecular weight is 413 g/mol. The molecule has 0 radical (unpaired) electrons. The average Bonchev–Trinajstić information content (AvgIpc) is 2.67. The first-order chi connectivity index (χ1) is 13.3. The Bertz CT molecular complexity index is 730.